The molecular weight excluding hydrogens is 332 g/mol. The van der Waals surface area contributed by atoms with Crippen molar-refractivity contribution in [2.75, 3.05) is 16.0 Å². The molecule has 0 aliphatic rings. The lowest BCUT2D eigenvalue weighted by atomic mass is 10.2. The van der Waals surface area contributed by atoms with Gasteiger partial charge in [-0.05, 0) is 48.5 Å². The number of pyridine rings is 1. The lowest BCUT2D eigenvalue weighted by Gasteiger charge is -2.08. The predicted octanol–water partition coefficient (Wildman–Crippen LogP) is 3.50. The van der Waals surface area contributed by atoms with Crippen LogP contribution in [0, 0.1) is 0 Å². The highest BCUT2D eigenvalue weighted by Crippen LogP contribution is 2.16. The monoisotopic (exact) mass is 350 g/mol. The van der Waals surface area contributed by atoms with E-state index in [-0.39, 0.29) is 11.8 Å². The molecule has 3 N–H and O–H groups in total. The molecule has 0 saturated heterocycles. The second kappa shape index (κ2) is 7.98. The average molecular weight is 350 g/mol. The fraction of sp³-hybridized carbons (Fsp3) is 0.105. The zero-order chi connectivity index (χ0) is 18.4. The van der Waals surface area contributed by atoms with Crippen LogP contribution in [-0.4, -0.2) is 16.8 Å². The minimum absolute atomic E-state index is 0.145. The fourth-order valence-electron chi connectivity index (χ4n) is 2.30. The van der Waals surface area contributed by atoms with Gasteiger partial charge in [0.2, 0.25) is 5.91 Å². The highest BCUT2D eigenvalue weighted by molar-refractivity contribution is 6.04. The molecule has 0 fully saturated rings. The third kappa shape index (κ3) is 4.70. The Bertz CT molecular complexity index is 889. The summed E-state index contributed by atoms with van der Waals surface area (Å²) in [6.45, 7) is 1.92. The molecule has 26 heavy (non-hydrogen) atoms. The molecule has 0 atom stereocenters. The summed E-state index contributed by atoms with van der Waals surface area (Å²) in [7, 11) is 0. The third-order valence-corrected chi connectivity index (χ3v) is 3.51. The summed E-state index contributed by atoms with van der Waals surface area (Å²) in [4.78, 5) is 27.6. The van der Waals surface area contributed by atoms with Gasteiger partial charge in [0, 0.05) is 30.1 Å². The number of carbonyl (C=O) groups is 2. The normalized spacial score (nSPS) is 10.2. The molecule has 0 saturated carbocycles. The third-order valence-electron chi connectivity index (χ3n) is 3.51. The predicted molar refractivity (Wildman–Crippen MR) is 99.0 cm³/mol. The van der Waals surface area contributed by atoms with Gasteiger partial charge >= 0.3 is 0 Å². The number of furan rings is 1. The van der Waals surface area contributed by atoms with Crippen LogP contribution in [0.15, 0.2) is 65.4 Å². The standard InChI is InChI=1S/C19H18N4O3/c1-13(24)22-15-4-6-16(7-5-15)23-19(25)14-8-9-20-18(11-14)21-12-17-3-2-10-26-17/h2-11H,12H2,1H3,(H,20,21)(H,22,24)(H,23,25). The maximum absolute atomic E-state index is 12.4. The minimum Gasteiger partial charge on any atom is -0.467 e. The van der Waals surface area contributed by atoms with Crippen molar-refractivity contribution in [1.82, 2.24) is 4.98 Å². The minimum atomic E-state index is -0.249. The Balaban J connectivity index is 1.62. The number of hydrogen-bond acceptors (Lipinski definition) is 5. The maximum atomic E-state index is 12.4. The first-order valence-corrected chi connectivity index (χ1v) is 8.01. The summed E-state index contributed by atoms with van der Waals surface area (Å²) in [5.41, 5.74) is 1.78. The molecular formula is C19H18N4O3. The summed E-state index contributed by atoms with van der Waals surface area (Å²) in [5, 5.41) is 8.59. The van der Waals surface area contributed by atoms with Gasteiger partial charge < -0.3 is 20.4 Å². The Labute approximate surface area is 150 Å². The van der Waals surface area contributed by atoms with E-state index in [2.05, 4.69) is 20.9 Å². The Kier molecular flexibility index (Phi) is 5.28. The van der Waals surface area contributed by atoms with Crippen LogP contribution in [0.25, 0.3) is 0 Å². The van der Waals surface area contributed by atoms with Crippen LogP contribution in [0.2, 0.25) is 0 Å². The van der Waals surface area contributed by atoms with Crippen LogP contribution >= 0.6 is 0 Å². The second-order valence-electron chi connectivity index (χ2n) is 5.58. The van der Waals surface area contributed by atoms with Crippen molar-refractivity contribution in [3.05, 3.63) is 72.3 Å². The first kappa shape index (κ1) is 17.2. The molecule has 0 bridgehead atoms. The van der Waals surface area contributed by atoms with E-state index in [1.54, 1.807) is 48.9 Å². The molecule has 3 rings (SSSR count). The van der Waals surface area contributed by atoms with Gasteiger partial charge in [0.25, 0.3) is 5.91 Å². The molecule has 2 heterocycles. The fourth-order valence-corrected chi connectivity index (χ4v) is 2.30. The van der Waals surface area contributed by atoms with Crippen molar-refractivity contribution in [2.24, 2.45) is 0 Å². The van der Waals surface area contributed by atoms with Crippen LogP contribution in [0.4, 0.5) is 17.2 Å². The van der Waals surface area contributed by atoms with E-state index >= 15 is 0 Å². The zero-order valence-electron chi connectivity index (χ0n) is 14.2. The van der Waals surface area contributed by atoms with E-state index in [9.17, 15) is 9.59 Å². The van der Waals surface area contributed by atoms with E-state index in [4.69, 9.17) is 4.42 Å². The van der Waals surface area contributed by atoms with E-state index < -0.39 is 0 Å². The molecule has 2 aromatic heterocycles. The van der Waals surface area contributed by atoms with Crippen LogP contribution in [0.5, 0.6) is 0 Å². The maximum Gasteiger partial charge on any atom is 0.255 e. The van der Waals surface area contributed by atoms with Crippen molar-refractivity contribution >= 4 is 29.0 Å². The van der Waals surface area contributed by atoms with Crippen LogP contribution < -0.4 is 16.0 Å². The molecule has 2 amide bonds. The van der Waals surface area contributed by atoms with E-state index in [0.717, 1.165) is 5.76 Å². The number of amides is 2. The Morgan fingerprint density at radius 3 is 2.42 bits per heavy atom. The van der Waals surface area contributed by atoms with Gasteiger partial charge in [0.1, 0.15) is 11.6 Å². The summed E-state index contributed by atoms with van der Waals surface area (Å²) >= 11 is 0. The number of nitrogens with zero attached hydrogens (tertiary/aromatic N) is 1. The van der Waals surface area contributed by atoms with Gasteiger partial charge in [-0.25, -0.2) is 4.98 Å². The molecule has 0 unspecified atom stereocenters. The number of hydrogen-bond donors (Lipinski definition) is 3. The number of aromatic nitrogens is 1. The smallest absolute Gasteiger partial charge is 0.255 e. The molecule has 1 aromatic carbocycles. The molecule has 0 aliphatic carbocycles. The van der Waals surface area contributed by atoms with Crippen molar-refractivity contribution in [3.63, 3.8) is 0 Å². The van der Waals surface area contributed by atoms with Gasteiger partial charge in [0.15, 0.2) is 0 Å². The topological polar surface area (TPSA) is 96.3 Å². The second-order valence-corrected chi connectivity index (χ2v) is 5.58. The summed E-state index contributed by atoms with van der Waals surface area (Å²) in [6, 6.07) is 13.9. The Morgan fingerprint density at radius 1 is 1.04 bits per heavy atom. The molecule has 0 spiro atoms. The van der Waals surface area contributed by atoms with Crippen LogP contribution in [0.1, 0.15) is 23.0 Å². The number of nitrogens with one attached hydrogen (secondary N) is 3. The highest BCUT2D eigenvalue weighted by Gasteiger charge is 2.08. The van der Waals surface area contributed by atoms with Gasteiger partial charge in [-0.2, -0.15) is 0 Å². The molecule has 3 aromatic rings. The SMILES string of the molecule is CC(=O)Nc1ccc(NC(=O)c2ccnc(NCc3ccco3)c2)cc1. The molecule has 132 valence electrons. The van der Waals surface area contributed by atoms with Crippen molar-refractivity contribution < 1.29 is 14.0 Å². The highest BCUT2D eigenvalue weighted by atomic mass is 16.3. The van der Waals surface area contributed by atoms with Crippen LogP contribution in [0.3, 0.4) is 0 Å². The van der Waals surface area contributed by atoms with Gasteiger partial charge in [-0.15, -0.1) is 0 Å². The summed E-state index contributed by atoms with van der Waals surface area (Å²) in [5.74, 6) is 0.963. The molecule has 0 aliphatic heterocycles. The average Bonchev–Trinajstić information content (AvgIpc) is 3.15. The lowest BCUT2D eigenvalue weighted by Crippen LogP contribution is -2.13. The van der Waals surface area contributed by atoms with Crippen LogP contribution in [-0.2, 0) is 11.3 Å². The summed E-state index contributed by atoms with van der Waals surface area (Å²) < 4.78 is 5.25. The first-order valence-electron chi connectivity index (χ1n) is 8.01. The molecule has 7 nitrogen and oxygen atoms in total. The Morgan fingerprint density at radius 2 is 1.77 bits per heavy atom. The van der Waals surface area contributed by atoms with Crippen molar-refractivity contribution in [3.8, 4) is 0 Å². The van der Waals surface area contributed by atoms with Gasteiger partial charge in [0.05, 0.1) is 12.8 Å². The number of carbonyl (C=O) groups excluding carboxylic acids is 2. The first-order chi connectivity index (χ1) is 12.6. The number of rotatable bonds is 6. The molecule has 0 radical (unpaired) electrons. The van der Waals surface area contributed by atoms with E-state index in [1.807, 2.05) is 12.1 Å². The largest absolute Gasteiger partial charge is 0.467 e. The van der Waals surface area contributed by atoms with Crippen molar-refractivity contribution in [1.29, 1.82) is 0 Å². The lowest BCUT2D eigenvalue weighted by molar-refractivity contribution is -0.114. The van der Waals surface area contributed by atoms with Crippen molar-refractivity contribution in [2.45, 2.75) is 13.5 Å². The zero-order valence-corrected chi connectivity index (χ0v) is 14.2. The number of benzene rings is 1. The van der Waals surface area contributed by atoms with E-state index in [0.29, 0.717) is 29.3 Å². The quantitative estimate of drug-likeness (QED) is 0.632. The van der Waals surface area contributed by atoms with E-state index in [1.165, 1.54) is 6.92 Å². The van der Waals surface area contributed by atoms with Gasteiger partial charge in [-0.1, -0.05) is 0 Å². The molecule has 7 heteroatoms. The van der Waals surface area contributed by atoms with Gasteiger partial charge in [-0.3, -0.25) is 9.59 Å². The Hall–Kier alpha value is -3.61. The number of anilines is 3. The summed E-state index contributed by atoms with van der Waals surface area (Å²) in [6.07, 6.45) is 3.17.